The van der Waals surface area contributed by atoms with E-state index in [0.717, 1.165) is 83.9 Å². The van der Waals surface area contributed by atoms with Crippen LogP contribution >= 0.6 is 0 Å². The summed E-state index contributed by atoms with van der Waals surface area (Å²) in [6.45, 7) is 7.73. The number of carbonyl (C=O) groups is 1. The smallest absolute Gasteiger partial charge is 0.235 e. The predicted molar refractivity (Wildman–Crippen MR) is 147 cm³/mol. The highest BCUT2D eigenvalue weighted by Crippen LogP contribution is 2.65. The molecule has 4 aromatic rings. The normalized spacial score (nSPS) is 22.9. The van der Waals surface area contributed by atoms with E-state index in [1.165, 1.54) is 5.69 Å². The molecule has 2 N–H and O–H groups in total. The van der Waals surface area contributed by atoms with Gasteiger partial charge in [-0.2, -0.15) is 5.10 Å². The lowest BCUT2D eigenvalue weighted by atomic mass is 9.91. The number of anilines is 2. The van der Waals surface area contributed by atoms with Crippen LogP contribution in [0.15, 0.2) is 60.7 Å². The lowest BCUT2D eigenvalue weighted by Gasteiger charge is -2.35. The van der Waals surface area contributed by atoms with Crippen molar-refractivity contribution in [2.24, 2.45) is 0 Å². The molecule has 1 aliphatic carbocycles. The maximum Gasteiger partial charge on any atom is 0.235 e. The number of methoxy groups -OCH3 is 1. The highest BCUT2D eigenvalue weighted by Gasteiger charge is 2.65. The maximum absolute atomic E-state index is 13.0. The largest absolute Gasteiger partial charge is 0.497 e. The molecule has 0 radical (unpaired) electrons. The van der Waals surface area contributed by atoms with E-state index in [2.05, 4.69) is 74.7 Å². The number of benzene rings is 3. The molecule has 1 aromatic heterocycles. The van der Waals surface area contributed by atoms with Crippen molar-refractivity contribution in [1.82, 2.24) is 15.1 Å². The summed E-state index contributed by atoms with van der Waals surface area (Å²) in [5, 5.41) is 12.1. The van der Waals surface area contributed by atoms with Crippen LogP contribution in [0.5, 0.6) is 5.75 Å². The van der Waals surface area contributed by atoms with Crippen molar-refractivity contribution >= 4 is 28.2 Å². The number of piperazine rings is 1. The first kappa shape index (κ1) is 22.4. The van der Waals surface area contributed by atoms with Crippen LogP contribution in [-0.2, 0) is 10.2 Å². The van der Waals surface area contributed by atoms with Crippen LogP contribution in [0.2, 0.25) is 0 Å². The van der Waals surface area contributed by atoms with Crippen LogP contribution in [0.1, 0.15) is 30.4 Å². The molecule has 2 fully saturated rings. The summed E-state index contributed by atoms with van der Waals surface area (Å²) in [7, 11) is 1.66. The number of hydrogen-bond donors (Lipinski definition) is 2. The van der Waals surface area contributed by atoms with Crippen LogP contribution in [-0.4, -0.2) is 60.8 Å². The van der Waals surface area contributed by atoms with Crippen LogP contribution in [0.25, 0.3) is 22.2 Å². The number of amides is 1. The molecule has 188 valence electrons. The number of ether oxygens (including phenoxy) is 1. The lowest BCUT2D eigenvalue weighted by molar-refractivity contribution is -0.118. The predicted octanol–water partition coefficient (Wildman–Crippen LogP) is 4.76. The van der Waals surface area contributed by atoms with E-state index >= 15 is 0 Å². The minimum atomic E-state index is -0.501. The molecular formula is C30H31N5O2. The maximum atomic E-state index is 13.0. The van der Waals surface area contributed by atoms with Gasteiger partial charge in [-0.25, -0.2) is 0 Å². The number of H-pyrrole nitrogens is 1. The van der Waals surface area contributed by atoms with Crippen LogP contribution in [0.3, 0.4) is 0 Å². The van der Waals surface area contributed by atoms with Gasteiger partial charge in [0.25, 0.3) is 0 Å². The molecule has 3 aliphatic rings. The van der Waals surface area contributed by atoms with E-state index in [-0.39, 0.29) is 11.8 Å². The van der Waals surface area contributed by atoms with Crippen molar-refractivity contribution < 1.29 is 9.53 Å². The first-order valence-corrected chi connectivity index (χ1v) is 13.2. The summed E-state index contributed by atoms with van der Waals surface area (Å²) >= 11 is 0. The molecule has 1 saturated heterocycles. The van der Waals surface area contributed by atoms with Crippen molar-refractivity contribution in [2.45, 2.75) is 24.7 Å². The zero-order chi connectivity index (χ0) is 25.1. The summed E-state index contributed by atoms with van der Waals surface area (Å²) < 4.78 is 5.43. The second-order valence-corrected chi connectivity index (χ2v) is 10.4. The second-order valence-electron chi connectivity index (χ2n) is 10.4. The molecule has 7 heteroatoms. The number of carbonyl (C=O) groups excluding carboxylic acids is 1. The van der Waals surface area contributed by atoms with E-state index < -0.39 is 5.41 Å². The summed E-state index contributed by atoms with van der Waals surface area (Å²) in [6, 6.07) is 21.1. The number of rotatable bonds is 5. The zero-order valence-corrected chi connectivity index (χ0v) is 21.3. The number of likely N-dealkylation sites (N-methyl/N-ethyl adjacent to an activating group) is 1. The Hall–Kier alpha value is -3.84. The zero-order valence-electron chi connectivity index (χ0n) is 21.3. The van der Waals surface area contributed by atoms with Gasteiger partial charge in [0.2, 0.25) is 5.91 Å². The van der Waals surface area contributed by atoms with Crippen LogP contribution in [0.4, 0.5) is 11.4 Å². The van der Waals surface area contributed by atoms with Gasteiger partial charge < -0.3 is 19.9 Å². The van der Waals surface area contributed by atoms with Crippen molar-refractivity contribution in [1.29, 1.82) is 0 Å². The Balaban J connectivity index is 1.14. The number of aromatic nitrogens is 2. The molecule has 1 unspecified atom stereocenters. The Morgan fingerprint density at radius 2 is 1.84 bits per heavy atom. The second kappa shape index (κ2) is 8.35. The molecular weight excluding hydrogens is 462 g/mol. The standard InChI is InChI=1S/C30H31N5O2/c1-3-34-12-14-35(15-13-34)21-7-4-19(5-8-21)28-23-10-6-20(16-27(23)32-33-28)25-18-30(25)24-17-22(37-2)9-11-26(24)31-29(30)36/h4-11,16-17,25H,3,12-15,18H2,1-2H3,(H,31,36)(H,32,33)/t25?,30-/m0/s1. The fourth-order valence-electron chi connectivity index (χ4n) is 6.33. The van der Waals surface area contributed by atoms with Gasteiger partial charge in [-0.3, -0.25) is 9.89 Å². The first-order valence-electron chi connectivity index (χ1n) is 13.2. The van der Waals surface area contributed by atoms with E-state index in [1.54, 1.807) is 7.11 Å². The first-order chi connectivity index (χ1) is 18.1. The highest BCUT2D eigenvalue weighted by atomic mass is 16.5. The fraction of sp³-hybridized carbons (Fsp3) is 0.333. The molecule has 1 spiro atoms. The molecule has 3 heterocycles. The number of nitrogens with one attached hydrogen (secondary N) is 2. The minimum Gasteiger partial charge on any atom is -0.497 e. The molecule has 7 rings (SSSR count). The minimum absolute atomic E-state index is 0.0855. The molecule has 1 saturated carbocycles. The molecule has 7 nitrogen and oxygen atoms in total. The Morgan fingerprint density at radius 3 is 2.59 bits per heavy atom. The van der Waals surface area contributed by atoms with Crippen molar-refractivity contribution in [3.63, 3.8) is 0 Å². The molecule has 1 amide bonds. The molecule has 2 aliphatic heterocycles. The fourth-order valence-corrected chi connectivity index (χ4v) is 6.33. The summed E-state index contributed by atoms with van der Waals surface area (Å²) in [5.41, 5.74) is 6.94. The Morgan fingerprint density at radius 1 is 1.03 bits per heavy atom. The van der Waals surface area contributed by atoms with Crippen molar-refractivity contribution in [2.75, 3.05) is 50.1 Å². The molecule has 2 atom stereocenters. The third-order valence-electron chi connectivity index (χ3n) is 8.64. The lowest BCUT2D eigenvalue weighted by Crippen LogP contribution is -2.46. The van der Waals surface area contributed by atoms with Gasteiger partial charge in [-0.1, -0.05) is 31.2 Å². The average molecular weight is 494 g/mol. The van der Waals surface area contributed by atoms with E-state index in [4.69, 9.17) is 4.74 Å². The Labute approximate surface area is 216 Å². The third-order valence-corrected chi connectivity index (χ3v) is 8.64. The van der Waals surface area contributed by atoms with Gasteiger partial charge in [0.05, 0.1) is 23.7 Å². The van der Waals surface area contributed by atoms with E-state index in [9.17, 15) is 4.79 Å². The molecule has 37 heavy (non-hydrogen) atoms. The summed E-state index contributed by atoms with van der Waals surface area (Å²) in [6.07, 6.45) is 0.805. The number of nitrogens with zero attached hydrogens (tertiary/aromatic N) is 3. The SMILES string of the molecule is CCN1CCN(c2ccc(-c3n[nH]c4cc(C5C[C@@]56C(=O)Nc5ccc(OC)cc56)ccc34)cc2)CC1. The van der Waals surface area contributed by atoms with Gasteiger partial charge in [-0.05, 0) is 60.5 Å². The topological polar surface area (TPSA) is 73.5 Å². The number of fused-ring (bicyclic) bond motifs is 3. The third kappa shape index (κ3) is 3.44. The van der Waals surface area contributed by atoms with E-state index in [0.29, 0.717) is 0 Å². The monoisotopic (exact) mass is 493 g/mol. The van der Waals surface area contributed by atoms with Crippen molar-refractivity contribution in [3.8, 4) is 17.0 Å². The van der Waals surface area contributed by atoms with Crippen molar-refractivity contribution in [3.05, 3.63) is 71.8 Å². The average Bonchev–Trinajstić information content (AvgIpc) is 3.47. The Kier molecular flexibility index (Phi) is 5.05. The van der Waals surface area contributed by atoms with Gasteiger partial charge in [0.1, 0.15) is 5.75 Å². The van der Waals surface area contributed by atoms with Crippen LogP contribution in [0, 0.1) is 0 Å². The summed E-state index contributed by atoms with van der Waals surface area (Å²) in [5.74, 6) is 1.01. The Bertz CT molecular complexity index is 1500. The summed E-state index contributed by atoms with van der Waals surface area (Å²) in [4.78, 5) is 18.0. The van der Waals surface area contributed by atoms with Gasteiger partial charge >= 0.3 is 0 Å². The van der Waals surface area contributed by atoms with E-state index in [1.807, 2.05) is 18.2 Å². The quantitative estimate of drug-likeness (QED) is 0.420. The van der Waals surface area contributed by atoms with Gasteiger partial charge in [0, 0.05) is 54.4 Å². The number of hydrogen-bond acceptors (Lipinski definition) is 5. The highest BCUT2D eigenvalue weighted by molar-refractivity contribution is 6.10. The van der Waals surface area contributed by atoms with Crippen LogP contribution < -0.4 is 15.0 Å². The van der Waals surface area contributed by atoms with Gasteiger partial charge in [-0.15, -0.1) is 0 Å². The van der Waals surface area contributed by atoms with Gasteiger partial charge in [0.15, 0.2) is 0 Å². The molecule has 0 bridgehead atoms. The molecule has 3 aromatic carbocycles. The number of aromatic amines is 1.